The molecule has 1 amide bonds. The predicted octanol–water partition coefficient (Wildman–Crippen LogP) is 3.84. The number of hydrogen-bond donors (Lipinski definition) is 1. The smallest absolute Gasteiger partial charge is 0.248 e. The van der Waals surface area contributed by atoms with Crippen molar-refractivity contribution >= 4 is 22.4 Å². The monoisotopic (exact) mass is 251 g/mol. The highest BCUT2D eigenvalue weighted by Crippen LogP contribution is 2.34. The molecule has 0 bridgehead atoms. The Labute approximate surface area is 113 Å². The van der Waals surface area contributed by atoms with Gasteiger partial charge in [-0.15, -0.1) is 0 Å². The average Bonchev–Trinajstić information content (AvgIpc) is 2.77. The van der Waals surface area contributed by atoms with E-state index < -0.39 is 0 Å². The normalized spacial score (nSPS) is 12.5. The first-order chi connectivity index (χ1) is 9.15. The summed E-state index contributed by atoms with van der Waals surface area (Å²) in [4.78, 5) is 11.9. The Morgan fingerprint density at radius 2 is 1.84 bits per heavy atom. The second-order valence-corrected chi connectivity index (χ2v) is 5.32. The van der Waals surface area contributed by atoms with Crippen LogP contribution in [0.3, 0.4) is 0 Å². The highest BCUT2D eigenvalue weighted by molar-refractivity contribution is 6.08. The van der Waals surface area contributed by atoms with Gasteiger partial charge in [0.1, 0.15) is 0 Å². The Kier molecular flexibility index (Phi) is 2.86. The summed E-state index contributed by atoms with van der Waals surface area (Å²) in [5, 5.41) is 5.47. The minimum atomic E-state index is -0.0568. The maximum atomic E-state index is 11.9. The van der Waals surface area contributed by atoms with Gasteiger partial charge in [-0.3, -0.25) is 4.79 Å². The van der Waals surface area contributed by atoms with Gasteiger partial charge in [0.15, 0.2) is 0 Å². The first-order valence-corrected chi connectivity index (χ1v) is 6.64. The van der Waals surface area contributed by atoms with Crippen molar-refractivity contribution in [1.29, 1.82) is 0 Å². The second-order valence-electron chi connectivity index (χ2n) is 5.32. The average molecular weight is 251 g/mol. The number of carbonyl (C=O) groups is 1. The molecule has 0 radical (unpaired) electrons. The van der Waals surface area contributed by atoms with Crippen LogP contribution in [0, 0.1) is 0 Å². The zero-order chi connectivity index (χ0) is 13.4. The number of carbonyl (C=O) groups excluding carboxylic acids is 1. The van der Waals surface area contributed by atoms with Crippen molar-refractivity contribution in [2.75, 3.05) is 5.32 Å². The van der Waals surface area contributed by atoms with Crippen LogP contribution in [0.5, 0.6) is 0 Å². The van der Waals surface area contributed by atoms with Crippen LogP contribution in [0.2, 0.25) is 0 Å². The number of rotatable bonds is 2. The third-order valence-electron chi connectivity index (χ3n) is 3.55. The lowest BCUT2D eigenvalue weighted by Crippen LogP contribution is -2.08. The molecule has 1 aliphatic carbocycles. The van der Waals surface area contributed by atoms with Crippen LogP contribution < -0.4 is 5.32 Å². The Hall–Kier alpha value is -2.09. The fourth-order valence-electron chi connectivity index (χ4n) is 2.79. The van der Waals surface area contributed by atoms with E-state index in [1.54, 1.807) is 6.08 Å². The summed E-state index contributed by atoms with van der Waals surface area (Å²) in [5.41, 5.74) is 4.70. The van der Waals surface area contributed by atoms with Gasteiger partial charge in [0.2, 0.25) is 5.91 Å². The van der Waals surface area contributed by atoms with Crippen LogP contribution in [0.15, 0.2) is 42.0 Å². The van der Waals surface area contributed by atoms with Crippen molar-refractivity contribution in [2.45, 2.75) is 26.7 Å². The van der Waals surface area contributed by atoms with E-state index in [0.29, 0.717) is 0 Å². The molecule has 2 nitrogen and oxygen atoms in total. The number of benzene rings is 2. The van der Waals surface area contributed by atoms with Gasteiger partial charge < -0.3 is 5.32 Å². The Morgan fingerprint density at radius 3 is 2.58 bits per heavy atom. The molecule has 1 aliphatic rings. The van der Waals surface area contributed by atoms with Gasteiger partial charge in [0, 0.05) is 17.1 Å². The summed E-state index contributed by atoms with van der Waals surface area (Å²) in [5.74, 6) is -0.0568. The van der Waals surface area contributed by atoms with Crippen LogP contribution in [0.1, 0.15) is 25.0 Å². The number of anilines is 1. The molecule has 0 aliphatic heterocycles. The fraction of sp³-hybridized carbons (Fsp3) is 0.235. The minimum Gasteiger partial charge on any atom is -0.322 e. The van der Waals surface area contributed by atoms with Crippen LogP contribution in [0.25, 0.3) is 10.8 Å². The van der Waals surface area contributed by atoms with Crippen LogP contribution in [-0.2, 0) is 17.6 Å². The van der Waals surface area contributed by atoms with E-state index in [1.807, 2.05) is 19.9 Å². The SMILES string of the molecule is CC(C)=CC(=O)Nc1ccc2c3c(cccc13)CC2. The first kappa shape index (κ1) is 12.0. The molecule has 1 N–H and O–H groups in total. The maximum Gasteiger partial charge on any atom is 0.248 e. The number of aryl methyl sites for hydroxylation is 2. The summed E-state index contributed by atoms with van der Waals surface area (Å²) in [6.07, 6.45) is 3.85. The number of amides is 1. The highest BCUT2D eigenvalue weighted by Gasteiger charge is 2.16. The lowest BCUT2D eigenvalue weighted by atomic mass is 10.0. The van der Waals surface area contributed by atoms with Crippen LogP contribution >= 0.6 is 0 Å². The first-order valence-electron chi connectivity index (χ1n) is 6.64. The fourth-order valence-corrected chi connectivity index (χ4v) is 2.79. The van der Waals surface area contributed by atoms with Gasteiger partial charge in [-0.05, 0) is 49.3 Å². The number of allylic oxidation sites excluding steroid dienone is 1. The molecule has 0 fully saturated rings. The van der Waals surface area contributed by atoms with Crippen LogP contribution in [0.4, 0.5) is 5.69 Å². The van der Waals surface area contributed by atoms with E-state index in [4.69, 9.17) is 0 Å². The highest BCUT2D eigenvalue weighted by atomic mass is 16.1. The van der Waals surface area contributed by atoms with Gasteiger partial charge in [-0.25, -0.2) is 0 Å². The second kappa shape index (κ2) is 4.54. The van der Waals surface area contributed by atoms with Gasteiger partial charge in [-0.1, -0.05) is 29.8 Å². The molecule has 0 heterocycles. The molecule has 0 atom stereocenters. The Bertz CT molecular complexity index is 683. The third-order valence-corrected chi connectivity index (χ3v) is 3.55. The number of hydrogen-bond acceptors (Lipinski definition) is 1. The maximum absolute atomic E-state index is 11.9. The molecule has 0 aromatic heterocycles. The van der Waals surface area contributed by atoms with Gasteiger partial charge in [0.25, 0.3) is 0 Å². The molecule has 0 saturated carbocycles. The molecular formula is C17H17NO. The van der Waals surface area contributed by atoms with Crippen molar-refractivity contribution in [3.8, 4) is 0 Å². The van der Waals surface area contributed by atoms with Crippen molar-refractivity contribution in [1.82, 2.24) is 0 Å². The minimum absolute atomic E-state index is 0.0568. The molecule has 19 heavy (non-hydrogen) atoms. The zero-order valence-electron chi connectivity index (χ0n) is 11.3. The largest absolute Gasteiger partial charge is 0.322 e. The molecule has 96 valence electrons. The summed E-state index contributed by atoms with van der Waals surface area (Å²) < 4.78 is 0. The molecule has 0 saturated heterocycles. The molecule has 3 rings (SSSR count). The van der Waals surface area contributed by atoms with Crippen molar-refractivity contribution in [3.05, 3.63) is 53.1 Å². The van der Waals surface area contributed by atoms with E-state index in [2.05, 4.69) is 29.6 Å². The van der Waals surface area contributed by atoms with Gasteiger partial charge in [0.05, 0.1) is 0 Å². The lowest BCUT2D eigenvalue weighted by Gasteiger charge is -2.09. The van der Waals surface area contributed by atoms with Gasteiger partial charge in [-0.2, -0.15) is 0 Å². The summed E-state index contributed by atoms with van der Waals surface area (Å²) >= 11 is 0. The lowest BCUT2D eigenvalue weighted by molar-refractivity contribution is -0.111. The molecule has 2 aromatic rings. The van der Waals surface area contributed by atoms with Crippen molar-refractivity contribution < 1.29 is 4.79 Å². The van der Waals surface area contributed by atoms with E-state index in [-0.39, 0.29) is 5.91 Å². The molecule has 2 heteroatoms. The standard InChI is InChI=1S/C17H17NO/c1-11(2)10-16(19)18-15-9-8-13-7-6-12-4-3-5-14(15)17(12)13/h3-5,8-10H,6-7H2,1-2H3,(H,18,19). The van der Waals surface area contributed by atoms with Gasteiger partial charge >= 0.3 is 0 Å². The molecule has 0 spiro atoms. The predicted molar refractivity (Wildman–Crippen MR) is 79.4 cm³/mol. The Morgan fingerprint density at radius 1 is 1.11 bits per heavy atom. The van der Waals surface area contributed by atoms with Crippen LogP contribution in [-0.4, -0.2) is 5.91 Å². The summed E-state index contributed by atoms with van der Waals surface area (Å²) in [7, 11) is 0. The summed E-state index contributed by atoms with van der Waals surface area (Å²) in [6, 6.07) is 10.5. The van der Waals surface area contributed by atoms with E-state index in [0.717, 1.165) is 29.5 Å². The van der Waals surface area contributed by atoms with E-state index >= 15 is 0 Å². The molecular weight excluding hydrogens is 234 g/mol. The third kappa shape index (κ3) is 2.14. The quantitative estimate of drug-likeness (QED) is 0.807. The zero-order valence-corrected chi connectivity index (χ0v) is 11.3. The van der Waals surface area contributed by atoms with E-state index in [1.165, 1.54) is 16.5 Å². The molecule has 2 aromatic carbocycles. The van der Waals surface area contributed by atoms with Crippen molar-refractivity contribution in [2.24, 2.45) is 0 Å². The van der Waals surface area contributed by atoms with Crippen molar-refractivity contribution in [3.63, 3.8) is 0 Å². The number of nitrogens with one attached hydrogen (secondary N) is 1. The van der Waals surface area contributed by atoms with E-state index in [9.17, 15) is 4.79 Å². The Balaban J connectivity index is 2.07. The summed E-state index contributed by atoms with van der Waals surface area (Å²) in [6.45, 7) is 3.85. The molecule has 0 unspecified atom stereocenters. The topological polar surface area (TPSA) is 29.1 Å².